The number of aryl methyl sites for hydroxylation is 1. The first kappa shape index (κ1) is 16.3. The standard InChI is InChI=1S/C16H24ClN3O/c1-12-4-5-13(9-15(12)17)10-20-8-2-3-14(11-20)16(21)19-7-6-18/h4-5,9,14H,2-3,6-8,10-11,18H2,1H3,(H,19,21). The van der Waals surface area contributed by atoms with Gasteiger partial charge in [-0.1, -0.05) is 23.7 Å². The Morgan fingerprint density at radius 3 is 3.05 bits per heavy atom. The number of carbonyl (C=O) groups is 1. The SMILES string of the molecule is Cc1ccc(CN2CCCC(C(=O)NCCN)C2)cc1Cl. The number of rotatable bonds is 5. The van der Waals surface area contributed by atoms with Gasteiger partial charge in [0.2, 0.25) is 5.91 Å². The summed E-state index contributed by atoms with van der Waals surface area (Å²) in [5.41, 5.74) is 7.72. The fraction of sp³-hybridized carbons (Fsp3) is 0.562. The summed E-state index contributed by atoms with van der Waals surface area (Å²) in [6.45, 7) is 5.74. The Labute approximate surface area is 131 Å². The third kappa shape index (κ3) is 4.70. The van der Waals surface area contributed by atoms with E-state index in [1.807, 2.05) is 19.1 Å². The molecule has 4 nitrogen and oxygen atoms in total. The van der Waals surface area contributed by atoms with Crippen LogP contribution in [0.25, 0.3) is 0 Å². The molecule has 1 aromatic carbocycles. The van der Waals surface area contributed by atoms with E-state index >= 15 is 0 Å². The van der Waals surface area contributed by atoms with Crippen LogP contribution >= 0.6 is 11.6 Å². The molecule has 2 rings (SSSR count). The third-order valence-electron chi connectivity index (χ3n) is 3.96. The zero-order valence-electron chi connectivity index (χ0n) is 12.6. The molecule has 1 fully saturated rings. The number of carbonyl (C=O) groups excluding carboxylic acids is 1. The van der Waals surface area contributed by atoms with E-state index in [4.69, 9.17) is 17.3 Å². The summed E-state index contributed by atoms with van der Waals surface area (Å²) in [5.74, 6) is 0.207. The first-order valence-corrected chi connectivity index (χ1v) is 7.93. The van der Waals surface area contributed by atoms with Crippen molar-refractivity contribution in [1.82, 2.24) is 10.2 Å². The lowest BCUT2D eigenvalue weighted by Crippen LogP contribution is -2.43. The first-order chi connectivity index (χ1) is 10.1. The molecule has 1 aliphatic rings. The van der Waals surface area contributed by atoms with E-state index in [0.29, 0.717) is 13.1 Å². The van der Waals surface area contributed by atoms with Gasteiger partial charge >= 0.3 is 0 Å². The molecule has 116 valence electrons. The van der Waals surface area contributed by atoms with Gasteiger partial charge in [-0.05, 0) is 43.5 Å². The summed E-state index contributed by atoms with van der Waals surface area (Å²) in [5, 5.41) is 3.70. The lowest BCUT2D eigenvalue weighted by atomic mass is 9.96. The average Bonchev–Trinajstić information content (AvgIpc) is 2.49. The van der Waals surface area contributed by atoms with Gasteiger partial charge in [0.25, 0.3) is 0 Å². The molecule has 1 atom stereocenters. The summed E-state index contributed by atoms with van der Waals surface area (Å²) in [6, 6.07) is 6.18. The van der Waals surface area contributed by atoms with Gasteiger partial charge in [0.15, 0.2) is 0 Å². The van der Waals surface area contributed by atoms with Crippen molar-refractivity contribution in [1.29, 1.82) is 0 Å². The van der Waals surface area contributed by atoms with Crippen molar-refractivity contribution < 1.29 is 4.79 Å². The second-order valence-electron chi connectivity index (χ2n) is 5.74. The first-order valence-electron chi connectivity index (χ1n) is 7.55. The predicted molar refractivity (Wildman–Crippen MR) is 86.3 cm³/mol. The molecule has 0 aliphatic carbocycles. The van der Waals surface area contributed by atoms with Gasteiger partial charge in [0.1, 0.15) is 0 Å². The van der Waals surface area contributed by atoms with Gasteiger partial charge in [0, 0.05) is 31.2 Å². The van der Waals surface area contributed by atoms with Crippen molar-refractivity contribution in [3.05, 3.63) is 34.3 Å². The van der Waals surface area contributed by atoms with E-state index in [9.17, 15) is 4.79 Å². The van der Waals surface area contributed by atoms with E-state index < -0.39 is 0 Å². The second-order valence-corrected chi connectivity index (χ2v) is 6.14. The van der Waals surface area contributed by atoms with E-state index in [-0.39, 0.29) is 11.8 Å². The Hall–Kier alpha value is -1.10. The quantitative estimate of drug-likeness (QED) is 0.874. The molecular weight excluding hydrogens is 286 g/mol. The molecule has 1 heterocycles. The van der Waals surface area contributed by atoms with Crippen LogP contribution in [0.15, 0.2) is 18.2 Å². The van der Waals surface area contributed by atoms with Crippen LogP contribution in [-0.4, -0.2) is 37.0 Å². The van der Waals surface area contributed by atoms with Crippen LogP contribution in [0.2, 0.25) is 5.02 Å². The monoisotopic (exact) mass is 309 g/mol. The summed E-state index contributed by atoms with van der Waals surface area (Å²) in [4.78, 5) is 14.4. The number of hydrogen-bond donors (Lipinski definition) is 2. The minimum absolute atomic E-state index is 0.0752. The van der Waals surface area contributed by atoms with Gasteiger partial charge in [-0.25, -0.2) is 0 Å². The molecule has 0 spiro atoms. The van der Waals surface area contributed by atoms with E-state index in [1.54, 1.807) is 0 Å². The number of amides is 1. The number of nitrogens with one attached hydrogen (secondary N) is 1. The van der Waals surface area contributed by atoms with Crippen LogP contribution in [-0.2, 0) is 11.3 Å². The molecule has 1 saturated heterocycles. The molecule has 1 unspecified atom stereocenters. The van der Waals surface area contributed by atoms with Crippen LogP contribution in [0.5, 0.6) is 0 Å². The molecule has 21 heavy (non-hydrogen) atoms. The molecule has 0 radical (unpaired) electrons. The lowest BCUT2D eigenvalue weighted by Gasteiger charge is -2.32. The molecule has 5 heteroatoms. The molecule has 0 bridgehead atoms. The van der Waals surface area contributed by atoms with Crippen LogP contribution in [0.3, 0.4) is 0 Å². The zero-order valence-corrected chi connectivity index (χ0v) is 13.3. The second kappa shape index (κ2) is 7.78. The third-order valence-corrected chi connectivity index (χ3v) is 4.37. The number of halogens is 1. The number of piperidine rings is 1. The summed E-state index contributed by atoms with van der Waals surface area (Å²) in [6.07, 6.45) is 2.02. The highest BCUT2D eigenvalue weighted by Gasteiger charge is 2.25. The molecule has 1 amide bonds. The Bertz CT molecular complexity index is 492. The number of benzene rings is 1. The van der Waals surface area contributed by atoms with Crippen LogP contribution in [0, 0.1) is 12.8 Å². The highest BCUT2D eigenvalue weighted by molar-refractivity contribution is 6.31. The number of likely N-dealkylation sites (tertiary alicyclic amines) is 1. The van der Waals surface area contributed by atoms with Gasteiger partial charge in [-0.2, -0.15) is 0 Å². The highest BCUT2D eigenvalue weighted by atomic mass is 35.5. The molecule has 0 aromatic heterocycles. The molecule has 1 aromatic rings. The highest BCUT2D eigenvalue weighted by Crippen LogP contribution is 2.21. The van der Waals surface area contributed by atoms with E-state index in [0.717, 1.165) is 43.1 Å². The average molecular weight is 310 g/mol. The molecule has 1 aliphatic heterocycles. The Kier molecular flexibility index (Phi) is 6.03. The molecular formula is C16H24ClN3O. The Morgan fingerprint density at radius 2 is 2.33 bits per heavy atom. The van der Waals surface area contributed by atoms with Crippen molar-refractivity contribution in [2.24, 2.45) is 11.7 Å². The van der Waals surface area contributed by atoms with Gasteiger partial charge in [-0.3, -0.25) is 9.69 Å². The number of nitrogens with two attached hydrogens (primary N) is 1. The zero-order chi connectivity index (χ0) is 15.2. The van der Waals surface area contributed by atoms with Crippen molar-refractivity contribution >= 4 is 17.5 Å². The fourth-order valence-electron chi connectivity index (χ4n) is 2.75. The van der Waals surface area contributed by atoms with Crippen LogP contribution in [0.4, 0.5) is 0 Å². The normalized spacial score (nSPS) is 19.5. The number of hydrogen-bond acceptors (Lipinski definition) is 3. The van der Waals surface area contributed by atoms with Crippen molar-refractivity contribution in [2.45, 2.75) is 26.3 Å². The largest absolute Gasteiger partial charge is 0.355 e. The summed E-state index contributed by atoms with van der Waals surface area (Å²) >= 11 is 6.17. The maximum atomic E-state index is 12.0. The Balaban J connectivity index is 1.91. The van der Waals surface area contributed by atoms with Crippen molar-refractivity contribution in [3.8, 4) is 0 Å². The molecule has 3 N–H and O–H groups in total. The van der Waals surface area contributed by atoms with Gasteiger partial charge < -0.3 is 11.1 Å². The smallest absolute Gasteiger partial charge is 0.224 e. The minimum atomic E-state index is 0.0752. The predicted octanol–water partition coefficient (Wildman–Crippen LogP) is 1.94. The maximum absolute atomic E-state index is 12.0. The minimum Gasteiger partial charge on any atom is -0.355 e. The van der Waals surface area contributed by atoms with Crippen LogP contribution in [0.1, 0.15) is 24.0 Å². The van der Waals surface area contributed by atoms with Crippen LogP contribution < -0.4 is 11.1 Å². The van der Waals surface area contributed by atoms with Crippen molar-refractivity contribution in [3.63, 3.8) is 0 Å². The number of nitrogens with zero attached hydrogens (tertiary/aromatic N) is 1. The van der Waals surface area contributed by atoms with Gasteiger partial charge in [0.05, 0.1) is 5.92 Å². The van der Waals surface area contributed by atoms with Crippen molar-refractivity contribution in [2.75, 3.05) is 26.2 Å². The molecule has 0 saturated carbocycles. The maximum Gasteiger partial charge on any atom is 0.224 e. The van der Waals surface area contributed by atoms with E-state index in [1.165, 1.54) is 5.56 Å². The summed E-state index contributed by atoms with van der Waals surface area (Å²) in [7, 11) is 0. The van der Waals surface area contributed by atoms with E-state index in [2.05, 4.69) is 16.3 Å². The fourth-order valence-corrected chi connectivity index (χ4v) is 2.95. The summed E-state index contributed by atoms with van der Waals surface area (Å²) < 4.78 is 0. The topological polar surface area (TPSA) is 58.4 Å². The van der Waals surface area contributed by atoms with Gasteiger partial charge in [-0.15, -0.1) is 0 Å². The lowest BCUT2D eigenvalue weighted by molar-refractivity contribution is -0.126. The Morgan fingerprint density at radius 1 is 1.52 bits per heavy atom.